The van der Waals surface area contributed by atoms with Gasteiger partial charge in [-0.15, -0.1) is 0 Å². The van der Waals surface area contributed by atoms with Crippen LogP contribution in [-0.4, -0.2) is 4.98 Å². The van der Waals surface area contributed by atoms with Gasteiger partial charge in [0.05, 0.1) is 0 Å². The molecule has 1 aromatic heterocycles. The Labute approximate surface area is 125 Å². The number of nitrogens with zero attached hydrogens (tertiary/aromatic N) is 1. The maximum atomic E-state index is 6.08. The third kappa shape index (κ3) is 3.31. The Morgan fingerprint density at radius 2 is 1.75 bits per heavy atom. The van der Waals surface area contributed by atoms with Crippen LogP contribution >= 0.6 is 11.6 Å². The van der Waals surface area contributed by atoms with Gasteiger partial charge >= 0.3 is 0 Å². The molecule has 1 heterocycles. The van der Waals surface area contributed by atoms with Crippen LogP contribution in [-0.2, 0) is 5.41 Å². The number of benzene rings is 1. The fourth-order valence-corrected chi connectivity index (χ4v) is 2.18. The molecular weight excluding hydrogens is 270 g/mol. The Morgan fingerprint density at radius 3 is 2.40 bits per heavy atom. The predicted molar refractivity (Wildman–Crippen MR) is 83.9 cm³/mol. The van der Waals surface area contributed by atoms with Crippen molar-refractivity contribution < 1.29 is 4.74 Å². The summed E-state index contributed by atoms with van der Waals surface area (Å²) in [6.45, 7) is 10.6. The second-order valence-corrected chi connectivity index (χ2v) is 6.51. The van der Waals surface area contributed by atoms with Crippen molar-refractivity contribution in [1.82, 2.24) is 4.98 Å². The van der Waals surface area contributed by atoms with Crippen LogP contribution in [0.4, 0.5) is 0 Å². The molecule has 20 heavy (non-hydrogen) atoms. The maximum absolute atomic E-state index is 6.08. The highest BCUT2D eigenvalue weighted by Gasteiger charge is 2.20. The van der Waals surface area contributed by atoms with Crippen LogP contribution in [0.15, 0.2) is 30.5 Å². The minimum Gasteiger partial charge on any atom is -0.457 e. The Morgan fingerprint density at radius 1 is 1.05 bits per heavy atom. The summed E-state index contributed by atoms with van der Waals surface area (Å²) in [5, 5.41) is 0.440. The molecule has 0 atom stereocenters. The Hall–Kier alpha value is -1.54. The van der Waals surface area contributed by atoms with Crippen molar-refractivity contribution in [3.63, 3.8) is 0 Å². The van der Waals surface area contributed by atoms with E-state index in [0.29, 0.717) is 5.15 Å². The first kappa shape index (κ1) is 14.9. The van der Waals surface area contributed by atoms with Gasteiger partial charge in [-0.1, -0.05) is 50.1 Å². The Balaban J connectivity index is 2.46. The molecule has 0 spiro atoms. The summed E-state index contributed by atoms with van der Waals surface area (Å²) in [6.07, 6.45) is 1.72. The van der Waals surface area contributed by atoms with Gasteiger partial charge in [-0.2, -0.15) is 0 Å². The number of ether oxygens (including phenoxy) is 1. The molecule has 0 N–H and O–H groups in total. The number of aromatic nitrogens is 1. The van der Waals surface area contributed by atoms with Crippen LogP contribution in [0.25, 0.3) is 0 Å². The van der Waals surface area contributed by atoms with Crippen LogP contribution in [0.3, 0.4) is 0 Å². The first-order valence-electron chi connectivity index (χ1n) is 6.68. The van der Waals surface area contributed by atoms with Crippen LogP contribution in [0.2, 0.25) is 5.15 Å². The first-order valence-corrected chi connectivity index (χ1v) is 7.06. The van der Waals surface area contributed by atoms with E-state index >= 15 is 0 Å². The van der Waals surface area contributed by atoms with Gasteiger partial charge in [0.15, 0.2) is 0 Å². The summed E-state index contributed by atoms with van der Waals surface area (Å²) < 4.78 is 6.08. The third-order valence-electron chi connectivity index (χ3n) is 3.18. The zero-order valence-electron chi connectivity index (χ0n) is 12.6. The minimum atomic E-state index is 0.0199. The van der Waals surface area contributed by atoms with E-state index in [-0.39, 0.29) is 5.41 Å². The van der Waals surface area contributed by atoms with Gasteiger partial charge in [0, 0.05) is 23.4 Å². The number of hydrogen-bond donors (Lipinski definition) is 0. The molecule has 106 valence electrons. The van der Waals surface area contributed by atoms with Crippen molar-refractivity contribution in [3.8, 4) is 11.5 Å². The lowest BCUT2D eigenvalue weighted by Crippen LogP contribution is -2.13. The molecule has 0 saturated carbocycles. The molecule has 0 bridgehead atoms. The Kier molecular flexibility index (Phi) is 4.05. The van der Waals surface area contributed by atoms with Gasteiger partial charge in [-0.05, 0) is 25.3 Å². The topological polar surface area (TPSA) is 22.1 Å². The van der Waals surface area contributed by atoms with Crippen molar-refractivity contribution >= 4 is 11.6 Å². The zero-order valence-corrected chi connectivity index (χ0v) is 13.4. The largest absolute Gasteiger partial charge is 0.457 e. The molecule has 3 heteroatoms. The van der Waals surface area contributed by atoms with Gasteiger partial charge in [-0.25, -0.2) is 4.98 Å². The molecule has 2 aromatic rings. The van der Waals surface area contributed by atoms with Crippen LogP contribution in [0.1, 0.15) is 37.5 Å². The quantitative estimate of drug-likeness (QED) is 0.687. The number of rotatable bonds is 2. The van der Waals surface area contributed by atoms with Gasteiger partial charge < -0.3 is 4.74 Å². The van der Waals surface area contributed by atoms with Crippen LogP contribution in [0.5, 0.6) is 11.5 Å². The average Bonchev–Trinajstić information content (AvgIpc) is 2.34. The molecule has 0 radical (unpaired) electrons. The predicted octanol–water partition coefficient (Wildman–Crippen LogP) is 5.44. The van der Waals surface area contributed by atoms with Crippen molar-refractivity contribution in [1.29, 1.82) is 0 Å². The molecule has 1 aromatic carbocycles. The SMILES string of the molecule is Cc1ccc(Oc2cc(Cl)ncc2C)c(C(C)(C)C)c1. The first-order chi connectivity index (χ1) is 9.27. The maximum Gasteiger partial charge on any atom is 0.134 e. The molecule has 0 unspecified atom stereocenters. The smallest absolute Gasteiger partial charge is 0.134 e. The highest BCUT2D eigenvalue weighted by Crippen LogP contribution is 2.36. The highest BCUT2D eigenvalue weighted by atomic mass is 35.5. The number of hydrogen-bond acceptors (Lipinski definition) is 2. The van der Waals surface area contributed by atoms with E-state index in [2.05, 4.69) is 44.8 Å². The van der Waals surface area contributed by atoms with E-state index in [1.807, 2.05) is 13.0 Å². The molecule has 2 nitrogen and oxygen atoms in total. The molecule has 0 aliphatic carbocycles. The summed E-state index contributed by atoms with van der Waals surface area (Å²) in [6, 6.07) is 8.00. The van der Waals surface area contributed by atoms with Crippen molar-refractivity contribution in [2.75, 3.05) is 0 Å². The summed E-state index contributed by atoms with van der Waals surface area (Å²) in [7, 11) is 0. The zero-order chi connectivity index (χ0) is 14.9. The molecule has 0 aliphatic heterocycles. The monoisotopic (exact) mass is 289 g/mol. The van der Waals surface area contributed by atoms with Crippen LogP contribution in [0, 0.1) is 13.8 Å². The molecule has 0 amide bonds. The normalized spacial score (nSPS) is 11.5. The van der Waals surface area contributed by atoms with Gasteiger partial charge in [0.25, 0.3) is 0 Å². The van der Waals surface area contributed by atoms with Crippen molar-refractivity contribution in [2.45, 2.75) is 40.0 Å². The molecular formula is C17H20ClNO. The summed E-state index contributed by atoms with van der Waals surface area (Å²) in [5.74, 6) is 1.62. The lowest BCUT2D eigenvalue weighted by molar-refractivity contribution is 0.451. The molecule has 0 aliphatic rings. The second kappa shape index (κ2) is 5.45. The van der Waals surface area contributed by atoms with Crippen LogP contribution < -0.4 is 4.74 Å². The summed E-state index contributed by atoms with van der Waals surface area (Å²) in [5.41, 5.74) is 3.40. The van der Waals surface area contributed by atoms with E-state index in [1.165, 1.54) is 11.1 Å². The van der Waals surface area contributed by atoms with Crippen molar-refractivity contribution in [2.24, 2.45) is 0 Å². The lowest BCUT2D eigenvalue weighted by atomic mass is 9.85. The molecule has 0 saturated heterocycles. The standard InChI is InChI=1S/C17H20ClNO/c1-11-6-7-14(13(8-11)17(3,4)5)20-15-9-16(18)19-10-12(15)2/h6-10H,1-5H3. The van der Waals surface area contributed by atoms with E-state index in [4.69, 9.17) is 16.3 Å². The highest BCUT2D eigenvalue weighted by molar-refractivity contribution is 6.29. The van der Waals surface area contributed by atoms with Gasteiger partial charge in [-0.3, -0.25) is 0 Å². The fourth-order valence-electron chi connectivity index (χ4n) is 2.03. The average molecular weight is 290 g/mol. The summed E-state index contributed by atoms with van der Waals surface area (Å²) >= 11 is 5.95. The van der Waals surface area contributed by atoms with E-state index < -0.39 is 0 Å². The van der Waals surface area contributed by atoms with E-state index in [0.717, 1.165) is 17.1 Å². The molecule has 2 rings (SSSR count). The number of pyridine rings is 1. The van der Waals surface area contributed by atoms with Crippen molar-refractivity contribution in [3.05, 3.63) is 52.3 Å². The molecule has 0 fully saturated rings. The third-order valence-corrected chi connectivity index (χ3v) is 3.39. The second-order valence-electron chi connectivity index (χ2n) is 6.12. The summed E-state index contributed by atoms with van der Waals surface area (Å²) in [4.78, 5) is 4.05. The minimum absolute atomic E-state index is 0.0199. The fraction of sp³-hybridized carbons (Fsp3) is 0.353. The Bertz CT molecular complexity index is 629. The van der Waals surface area contributed by atoms with Gasteiger partial charge in [0.1, 0.15) is 16.7 Å². The number of aryl methyl sites for hydroxylation is 2. The number of halogens is 1. The van der Waals surface area contributed by atoms with E-state index in [9.17, 15) is 0 Å². The van der Waals surface area contributed by atoms with E-state index in [1.54, 1.807) is 12.3 Å². The lowest BCUT2D eigenvalue weighted by Gasteiger charge is -2.23. The van der Waals surface area contributed by atoms with Gasteiger partial charge in [0.2, 0.25) is 0 Å².